The van der Waals surface area contributed by atoms with Gasteiger partial charge in [0.15, 0.2) is 10.2 Å². The van der Waals surface area contributed by atoms with Gasteiger partial charge in [0.25, 0.3) is 0 Å². The van der Waals surface area contributed by atoms with E-state index in [4.69, 9.17) is 17.0 Å². The fourth-order valence-corrected chi connectivity index (χ4v) is 5.33. The topological polar surface area (TPSA) is 75.3 Å². The number of benzene rings is 3. The second-order valence-electron chi connectivity index (χ2n) is 7.74. The van der Waals surface area contributed by atoms with E-state index in [1.54, 1.807) is 7.11 Å². The van der Waals surface area contributed by atoms with Crippen molar-refractivity contribution in [2.75, 3.05) is 23.1 Å². The van der Waals surface area contributed by atoms with E-state index in [-0.39, 0.29) is 11.2 Å². The molecule has 3 aromatic carbocycles. The molecule has 0 saturated carbocycles. The predicted molar refractivity (Wildman–Crippen MR) is 155 cm³/mol. The van der Waals surface area contributed by atoms with E-state index in [0.717, 1.165) is 33.3 Å². The summed E-state index contributed by atoms with van der Waals surface area (Å²) in [5.74, 6) is 0.719. The quantitative estimate of drug-likeness (QED) is 0.156. The van der Waals surface area contributed by atoms with Crippen LogP contribution in [0.25, 0.3) is 11.3 Å². The number of para-hydroxylation sites is 1. The summed E-state index contributed by atoms with van der Waals surface area (Å²) in [7, 11) is 1.64. The third-order valence-electron chi connectivity index (χ3n) is 5.19. The minimum Gasteiger partial charge on any atom is -0.497 e. The number of nitrogens with zero attached hydrogens (tertiary/aromatic N) is 1. The maximum Gasteiger partial charge on any atom is 0.239 e. The minimum absolute atomic E-state index is 0.0715. The Morgan fingerprint density at radius 1 is 1.00 bits per heavy atom. The Balaban J connectivity index is 1.35. The van der Waals surface area contributed by atoms with Gasteiger partial charge in [-0.3, -0.25) is 4.79 Å². The molecule has 0 bridgehead atoms. The highest BCUT2D eigenvalue weighted by Gasteiger charge is 2.20. The van der Waals surface area contributed by atoms with Gasteiger partial charge >= 0.3 is 0 Å². The zero-order valence-electron chi connectivity index (χ0n) is 19.9. The lowest BCUT2D eigenvalue weighted by atomic mass is 10.2. The van der Waals surface area contributed by atoms with Crippen LogP contribution in [-0.2, 0) is 4.79 Å². The van der Waals surface area contributed by atoms with Gasteiger partial charge in [0.1, 0.15) is 5.75 Å². The summed E-state index contributed by atoms with van der Waals surface area (Å²) in [5.41, 5.74) is 3.56. The van der Waals surface area contributed by atoms with E-state index >= 15 is 0 Å². The van der Waals surface area contributed by atoms with Gasteiger partial charge in [-0.05, 0) is 73.2 Å². The number of anilines is 3. The minimum atomic E-state index is -0.261. The normalized spacial score (nSPS) is 11.4. The summed E-state index contributed by atoms with van der Waals surface area (Å²) in [4.78, 5) is 18.6. The monoisotopic (exact) mass is 534 g/mol. The number of hydrogen-bond donors (Lipinski definition) is 3. The van der Waals surface area contributed by atoms with Crippen molar-refractivity contribution in [1.29, 1.82) is 0 Å². The summed E-state index contributed by atoms with van der Waals surface area (Å²) in [6, 6.07) is 25.3. The third-order valence-corrected chi connectivity index (χ3v) is 7.51. The summed E-state index contributed by atoms with van der Waals surface area (Å²) in [6.07, 6.45) is 0.679. The molecule has 0 aliphatic rings. The molecule has 1 unspecified atom stereocenters. The number of hydrogen-bond acceptors (Lipinski definition) is 6. The van der Waals surface area contributed by atoms with Crippen molar-refractivity contribution in [2.24, 2.45) is 0 Å². The highest BCUT2D eigenvalue weighted by atomic mass is 32.2. The molecule has 0 spiro atoms. The number of aromatic nitrogens is 1. The number of nitrogens with one attached hydrogen (secondary N) is 3. The van der Waals surface area contributed by atoms with Crippen LogP contribution in [0, 0.1) is 0 Å². The van der Waals surface area contributed by atoms with Gasteiger partial charge < -0.3 is 20.7 Å². The first-order chi connectivity index (χ1) is 17.5. The standard InChI is InChI=1S/C27H26N4O2S3/c1-3-24(25(32)31-27-30-23(17-35-27)18-12-14-21(33-2)15-13-18)36-22-11-7-10-20(16-22)29-26(34)28-19-8-5-4-6-9-19/h4-17,24H,3H2,1-2H3,(H2,28,29,34)(H,30,31,32). The molecule has 1 amide bonds. The van der Waals surface area contributed by atoms with Crippen LogP contribution in [0.3, 0.4) is 0 Å². The summed E-state index contributed by atoms with van der Waals surface area (Å²) in [6.45, 7) is 2.00. The zero-order chi connectivity index (χ0) is 25.3. The summed E-state index contributed by atoms with van der Waals surface area (Å²) in [5, 5.41) is 12.1. The van der Waals surface area contributed by atoms with Crippen molar-refractivity contribution in [2.45, 2.75) is 23.5 Å². The van der Waals surface area contributed by atoms with Crippen molar-refractivity contribution >= 4 is 62.8 Å². The van der Waals surface area contributed by atoms with E-state index in [9.17, 15) is 4.79 Å². The van der Waals surface area contributed by atoms with Crippen LogP contribution in [0.4, 0.5) is 16.5 Å². The second kappa shape index (κ2) is 12.5. The van der Waals surface area contributed by atoms with E-state index in [0.29, 0.717) is 16.7 Å². The Morgan fingerprint density at radius 2 is 1.72 bits per heavy atom. The molecule has 9 heteroatoms. The molecule has 1 aromatic heterocycles. The lowest BCUT2D eigenvalue weighted by Gasteiger charge is -2.15. The number of carbonyl (C=O) groups excluding carboxylic acids is 1. The van der Waals surface area contributed by atoms with E-state index in [1.165, 1.54) is 23.1 Å². The smallest absolute Gasteiger partial charge is 0.239 e. The number of thiocarbonyl (C=S) groups is 1. The van der Waals surface area contributed by atoms with Gasteiger partial charge in [-0.15, -0.1) is 23.1 Å². The highest BCUT2D eigenvalue weighted by molar-refractivity contribution is 8.00. The number of ether oxygens (including phenoxy) is 1. The predicted octanol–water partition coefficient (Wildman–Crippen LogP) is 7.14. The van der Waals surface area contributed by atoms with Crippen molar-refractivity contribution in [3.63, 3.8) is 0 Å². The summed E-state index contributed by atoms with van der Waals surface area (Å²) < 4.78 is 5.21. The SMILES string of the molecule is CCC(Sc1cccc(NC(=S)Nc2ccccc2)c1)C(=O)Nc1nc(-c2ccc(OC)cc2)cs1. The first-order valence-corrected chi connectivity index (χ1v) is 13.5. The van der Waals surface area contributed by atoms with Crippen molar-refractivity contribution < 1.29 is 9.53 Å². The maximum absolute atomic E-state index is 13.0. The Morgan fingerprint density at radius 3 is 2.44 bits per heavy atom. The molecule has 36 heavy (non-hydrogen) atoms. The molecule has 0 fully saturated rings. The fourth-order valence-electron chi connectivity index (χ4n) is 3.36. The van der Waals surface area contributed by atoms with Gasteiger partial charge in [0, 0.05) is 27.2 Å². The average Bonchev–Trinajstić information content (AvgIpc) is 3.36. The molecule has 1 atom stereocenters. The van der Waals surface area contributed by atoms with Crippen LogP contribution >= 0.6 is 35.3 Å². The van der Waals surface area contributed by atoms with Crippen LogP contribution in [0.1, 0.15) is 13.3 Å². The second-order valence-corrected chi connectivity index (χ2v) is 10.3. The third kappa shape index (κ3) is 7.07. The Hall–Kier alpha value is -3.40. The van der Waals surface area contributed by atoms with Crippen LogP contribution in [0.5, 0.6) is 5.75 Å². The van der Waals surface area contributed by atoms with Gasteiger partial charge in [-0.2, -0.15) is 0 Å². The number of amides is 1. The average molecular weight is 535 g/mol. The van der Waals surface area contributed by atoms with Crippen molar-refractivity contribution in [1.82, 2.24) is 4.98 Å². The molecular formula is C27H26N4O2S3. The van der Waals surface area contributed by atoms with Crippen LogP contribution in [-0.4, -0.2) is 28.4 Å². The van der Waals surface area contributed by atoms with E-state index in [2.05, 4.69) is 20.9 Å². The zero-order valence-corrected chi connectivity index (χ0v) is 22.3. The summed E-state index contributed by atoms with van der Waals surface area (Å²) >= 11 is 8.36. The van der Waals surface area contributed by atoms with Crippen LogP contribution < -0.4 is 20.7 Å². The fraction of sp³-hybridized carbons (Fsp3) is 0.148. The number of carbonyl (C=O) groups is 1. The highest BCUT2D eigenvalue weighted by Crippen LogP contribution is 2.30. The lowest BCUT2D eigenvalue weighted by Crippen LogP contribution is -2.24. The molecule has 3 N–H and O–H groups in total. The van der Waals surface area contributed by atoms with Gasteiger partial charge in [0.05, 0.1) is 18.1 Å². The molecule has 0 radical (unpaired) electrons. The van der Waals surface area contributed by atoms with Gasteiger partial charge in [-0.1, -0.05) is 31.2 Å². The number of thioether (sulfide) groups is 1. The molecule has 0 aliphatic heterocycles. The molecule has 184 valence electrons. The first-order valence-electron chi connectivity index (χ1n) is 11.3. The Bertz CT molecular complexity index is 1310. The Labute approximate surface area is 224 Å². The largest absolute Gasteiger partial charge is 0.497 e. The van der Waals surface area contributed by atoms with E-state index < -0.39 is 0 Å². The van der Waals surface area contributed by atoms with Crippen molar-refractivity contribution in [3.8, 4) is 17.0 Å². The molecule has 4 aromatic rings. The van der Waals surface area contributed by atoms with E-state index in [1.807, 2.05) is 91.2 Å². The number of rotatable bonds is 9. The van der Waals surface area contributed by atoms with Gasteiger partial charge in [-0.25, -0.2) is 4.98 Å². The molecule has 0 saturated heterocycles. The first kappa shape index (κ1) is 25.7. The number of thiazole rings is 1. The molecule has 6 nitrogen and oxygen atoms in total. The molecule has 4 rings (SSSR count). The van der Waals surface area contributed by atoms with Gasteiger partial charge in [0.2, 0.25) is 5.91 Å². The molecule has 1 heterocycles. The lowest BCUT2D eigenvalue weighted by molar-refractivity contribution is -0.115. The van der Waals surface area contributed by atoms with Crippen molar-refractivity contribution in [3.05, 3.63) is 84.2 Å². The maximum atomic E-state index is 13.0. The Kier molecular flexibility index (Phi) is 8.94. The molecule has 0 aliphatic carbocycles. The molecular weight excluding hydrogens is 509 g/mol. The number of methoxy groups -OCH3 is 1. The van der Waals surface area contributed by atoms with Crippen LogP contribution in [0.2, 0.25) is 0 Å². The van der Waals surface area contributed by atoms with Crippen LogP contribution in [0.15, 0.2) is 89.1 Å².